The number of halogens is 3. The average molecular weight is 277 g/mol. The lowest BCUT2D eigenvalue weighted by Crippen LogP contribution is -2.41. The molecule has 0 aliphatic carbocycles. The van der Waals surface area contributed by atoms with Gasteiger partial charge in [-0.15, -0.1) is 0 Å². The number of quaternary nitrogens is 1. The summed E-state index contributed by atoms with van der Waals surface area (Å²) in [5.41, 5.74) is -5.65. The maximum atomic E-state index is 10.7. The molecule has 8 heteroatoms. The SMILES string of the molecule is CCC[N+]1(C)CCCC1.O=S(=O)([O-])C(F)(F)F. The van der Waals surface area contributed by atoms with E-state index in [1.54, 1.807) is 0 Å². The molecule has 1 heterocycles. The Hall–Kier alpha value is -0.340. The van der Waals surface area contributed by atoms with Crippen molar-refractivity contribution in [2.24, 2.45) is 0 Å². The Morgan fingerprint density at radius 1 is 1.24 bits per heavy atom. The van der Waals surface area contributed by atoms with Crippen molar-refractivity contribution in [1.82, 2.24) is 0 Å². The molecule has 0 amide bonds. The second-order valence-electron chi connectivity index (χ2n) is 4.40. The predicted molar refractivity (Wildman–Crippen MR) is 56.1 cm³/mol. The van der Waals surface area contributed by atoms with Gasteiger partial charge in [0.1, 0.15) is 0 Å². The van der Waals surface area contributed by atoms with E-state index in [0.717, 1.165) is 0 Å². The molecule has 0 atom stereocenters. The van der Waals surface area contributed by atoms with E-state index >= 15 is 0 Å². The summed E-state index contributed by atoms with van der Waals surface area (Å²) >= 11 is 0. The minimum atomic E-state index is -6.09. The molecule has 17 heavy (non-hydrogen) atoms. The molecule has 1 saturated heterocycles. The van der Waals surface area contributed by atoms with Crippen LogP contribution in [0.2, 0.25) is 0 Å². The molecule has 1 aliphatic heterocycles. The molecule has 0 bridgehead atoms. The fourth-order valence-electron chi connectivity index (χ4n) is 1.86. The first-order valence-electron chi connectivity index (χ1n) is 5.37. The molecule has 0 N–H and O–H groups in total. The summed E-state index contributed by atoms with van der Waals surface area (Å²) in [6.07, 6.45) is 4.25. The van der Waals surface area contributed by atoms with Gasteiger partial charge in [0.15, 0.2) is 10.1 Å². The number of likely N-dealkylation sites (tertiary alicyclic amines) is 1. The molecule has 0 unspecified atom stereocenters. The molecule has 104 valence electrons. The largest absolute Gasteiger partial charge is 0.741 e. The number of hydrogen-bond donors (Lipinski definition) is 0. The third-order valence-electron chi connectivity index (χ3n) is 2.69. The van der Waals surface area contributed by atoms with Crippen LogP contribution in [0.4, 0.5) is 13.2 Å². The highest BCUT2D eigenvalue weighted by atomic mass is 32.2. The van der Waals surface area contributed by atoms with Crippen LogP contribution in [0, 0.1) is 0 Å². The summed E-state index contributed by atoms with van der Waals surface area (Å²) in [6, 6.07) is 0. The van der Waals surface area contributed by atoms with Crippen LogP contribution in [-0.2, 0) is 10.1 Å². The van der Waals surface area contributed by atoms with Gasteiger partial charge in [0.2, 0.25) is 0 Å². The van der Waals surface area contributed by atoms with Gasteiger partial charge < -0.3 is 9.04 Å². The molecule has 4 nitrogen and oxygen atoms in total. The zero-order chi connectivity index (χ0) is 13.7. The van der Waals surface area contributed by atoms with E-state index in [4.69, 9.17) is 13.0 Å². The number of rotatable bonds is 2. The lowest BCUT2D eigenvalue weighted by molar-refractivity contribution is -0.897. The minimum Gasteiger partial charge on any atom is -0.741 e. The van der Waals surface area contributed by atoms with Gasteiger partial charge in [-0.25, -0.2) is 8.42 Å². The quantitative estimate of drug-likeness (QED) is 0.438. The Balaban J connectivity index is 0.000000304. The van der Waals surface area contributed by atoms with E-state index in [-0.39, 0.29) is 0 Å². The van der Waals surface area contributed by atoms with Gasteiger partial charge in [-0.3, -0.25) is 0 Å². The summed E-state index contributed by atoms with van der Waals surface area (Å²) in [6.45, 7) is 6.52. The standard InChI is InChI=1S/C8H18N.CHF3O3S/c1-3-6-9(2)7-4-5-8-9;2-1(3,4)8(5,6)7/h3-8H2,1-2H3;(H,5,6,7)/q+1;/p-1. The fourth-order valence-corrected chi connectivity index (χ4v) is 1.86. The first kappa shape index (κ1) is 16.7. The van der Waals surface area contributed by atoms with Gasteiger partial charge in [-0.2, -0.15) is 13.2 Å². The molecule has 1 aliphatic rings. The molecule has 0 saturated carbocycles. The third kappa shape index (κ3) is 6.23. The van der Waals surface area contributed by atoms with Crippen molar-refractivity contribution in [1.29, 1.82) is 0 Å². The summed E-state index contributed by atoms with van der Waals surface area (Å²) in [5, 5.41) is 0. The first-order chi connectivity index (χ1) is 7.52. The summed E-state index contributed by atoms with van der Waals surface area (Å²) in [5.74, 6) is 0. The highest BCUT2D eigenvalue weighted by Crippen LogP contribution is 2.20. The van der Waals surface area contributed by atoms with Gasteiger partial charge >= 0.3 is 5.51 Å². The second kappa shape index (κ2) is 6.01. The Kier molecular flexibility index (Phi) is 5.89. The van der Waals surface area contributed by atoms with Crippen LogP contribution in [0.3, 0.4) is 0 Å². The van der Waals surface area contributed by atoms with Crippen LogP contribution < -0.4 is 0 Å². The maximum absolute atomic E-state index is 10.7. The third-order valence-corrected chi connectivity index (χ3v) is 3.26. The van der Waals surface area contributed by atoms with E-state index in [1.165, 1.54) is 43.4 Å². The maximum Gasteiger partial charge on any atom is 0.485 e. The number of nitrogens with zero attached hydrogens (tertiary/aromatic N) is 1. The van der Waals surface area contributed by atoms with Crippen LogP contribution in [-0.4, -0.2) is 49.6 Å². The molecule has 0 aromatic carbocycles. The minimum absolute atomic E-state index is 1.34. The Morgan fingerprint density at radius 3 is 1.82 bits per heavy atom. The molecule has 0 aromatic heterocycles. The lowest BCUT2D eigenvalue weighted by atomic mass is 10.4. The molecule has 1 rings (SSSR count). The molecular weight excluding hydrogens is 259 g/mol. The highest BCUT2D eigenvalue weighted by Gasteiger charge is 2.36. The number of hydrogen-bond acceptors (Lipinski definition) is 3. The average Bonchev–Trinajstić information content (AvgIpc) is 2.50. The van der Waals surface area contributed by atoms with Gasteiger partial charge in [-0.1, -0.05) is 6.92 Å². The van der Waals surface area contributed by atoms with Crippen molar-refractivity contribution >= 4 is 10.1 Å². The normalized spacial score (nSPS) is 19.6. The first-order valence-corrected chi connectivity index (χ1v) is 6.78. The summed E-state index contributed by atoms with van der Waals surface area (Å²) < 4.78 is 60.2. The van der Waals surface area contributed by atoms with Crippen LogP contribution in [0.5, 0.6) is 0 Å². The second-order valence-corrected chi connectivity index (χ2v) is 5.77. The lowest BCUT2D eigenvalue weighted by Gasteiger charge is -2.28. The van der Waals surface area contributed by atoms with Crippen LogP contribution in [0.25, 0.3) is 0 Å². The molecule has 1 fully saturated rings. The van der Waals surface area contributed by atoms with Crippen molar-refractivity contribution in [3.8, 4) is 0 Å². The van der Waals surface area contributed by atoms with Crippen LogP contribution in [0.1, 0.15) is 26.2 Å². The Labute approximate surface area is 99.8 Å². The van der Waals surface area contributed by atoms with Gasteiger partial charge in [-0.05, 0) is 6.42 Å². The van der Waals surface area contributed by atoms with Crippen molar-refractivity contribution < 1.29 is 30.6 Å². The van der Waals surface area contributed by atoms with Crippen molar-refractivity contribution in [2.75, 3.05) is 26.7 Å². The van der Waals surface area contributed by atoms with Gasteiger partial charge in [0.25, 0.3) is 0 Å². The zero-order valence-corrected chi connectivity index (χ0v) is 10.8. The van der Waals surface area contributed by atoms with Gasteiger partial charge in [0.05, 0.1) is 26.7 Å². The topological polar surface area (TPSA) is 57.2 Å². The molecular formula is C9H18F3NO3S. The highest BCUT2D eigenvalue weighted by molar-refractivity contribution is 7.86. The Morgan fingerprint density at radius 2 is 1.59 bits per heavy atom. The molecule has 0 aromatic rings. The smallest absolute Gasteiger partial charge is 0.485 e. The fraction of sp³-hybridized carbons (Fsp3) is 1.00. The van der Waals surface area contributed by atoms with Crippen molar-refractivity contribution in [3.05, 3.63) is 0 Å². The van der Waals surface area contributed by atoms with Gasteiger partial charge in [0, 0.05) is 12.8 Å². The summed E-state index contributed by atoms with van der Waals surface area (Å²) in [7, 11) is -3.70. The number of alkyl halides is 3. The van der Waals surface area contributed by atoms with Crippen molar-refractivity contribution in [2.45, 2.75) is 31.7 Å². The van der Waals surface area contributed by atoms with Crippen LogP contribution in [0.15, 0.2) is 0 Å². The predicted octanol–water partition coefficient (Wildman–Crippen LogP) is 1.69. The Bertz CT molecular complexity index is 321. The monoisotopic (exact) mass is 277 g/mol. The van der Waals surface area contributed by atoms with E-state index in [1.807, 2.05) is 0 Å². The van der Waals surface area contributed by atoms with E-state index < -0.39 is 15.6 Å². The van der Waals surface area contributed by atoms with E-state index in [9.17, 15) is 13.2 Å². The van der Waals surface area contributed by atoms with Crippen LogP contribution >= 0.6 is 0 Å². The van der Waals surface area contributed by atoms with E-state index in [0.29, 0.717) is 0 Å². The van der Waals surface area contributed by atoms with E-state index in [2.05, 4.69) is 14.0 Å². The zero-order valence-electron chi connectivity index (χ0n) is 9.96. The molecule has 0 radical (unpaired) electrons. The van der Waals surface area contributed by atoms with Crippen molar-refractivity contribution in [3.63, 3.8) is 0 Å². The summed E-state index contributed by atoms with van der Waals surface area (Å²) in [4.78, 5) is 0. The molecule has 0 spiro atoms.